The fourth-order valence-corrected chi connectivity index (χ4v) is 2.06. The summed E-state index contributed by atoms with van der Waals surface area (Å²) in [5, 5.41) is 4.38. The second-order valence-corrected chi connectivity index (χ2v) is 4.53. The Bertz CT molecular complexity index is 798. The molecule has 110 valence electrons. The van der Waals surface area contributed by atoms with Crippen molar-refractivity contribution in [1.29, 1.82) is 0 Å². The van der Waals surface area contributed by atoms with Gasteiger partial charge in [-0.2, -0.15) is 5.10 Å². The van der Waals surface area contributed by atoms with Crippen molar-refractivity contribution in [2.45, 2.75) is 0 Å². The second kappa shape index (κ2) is 5.77. The third kappa shape index (κ3) is 2.58. The molecule has 3 aromatic rings. The van der Waals surface area contributed by atoms with E-state index in [9.17, 15) is 9.18 Å². The number of carbonyl (C=O) groups excluding carboxylic acids is 1. The van der Waals surface area contributed by atoms with Gasteiger partial charge in [0.15, 0.2) is 5.82 Å². The van der Waals surface area contributed by atoms with Crippen molar-refractivity contribution < 1.29 is 13.9 Å². The minimum Gasteiger partial charge on any atom is -0.465 e. The topological polar surface area (TPSA) is 57.0 Å². The van der Waals surface area contributed by atoms with E-state index in [2.05, 4.69) is 10.1 Å². The maximum atomic E-state index is 13.0. The highest BCUT2D eigenvalue weighted by molar-refractivity contribution is 5.96. The normalized spacial score (nSPS) is 10.5. The molecule has 0 saturated carbocycles. The van der Waals surface area contributed by atoms with Gasteiger partial charge in [0.25, 0.3) is 0 Å². The van der Waals surface area contributed by atoms with Crippen molar-refractivity contribution in [3.05, 3.63) is 66.2 Å². The number of benzene rings is 1. The van der Waals surface area contributed by atoms with Gasteiger partial charge in [-0.05, 0) is 12.1 Å². The zero-order valence-corrected chi connectivity index (χ0v) is 11.7. The largest absolute Gasteiger partial charge is 0.465 e. The summed E-state index contributed by atoms with van der Waals surface area (Å²) in [6.45, 7) is 0. The number of hydrogen-bond acceptors (Lipinski definition) is 4. The van der Waals surface area contributed by atoms with Crippen LogP contribution in [0.1, 0.15) is 10.4 Å². The molecule has 0 aliphatic carbocycles. The number of pyridine rings is 1. The second-order valence-electron chi connectivity index (χ2n) is 4.53. The van der Waals surface area contributed by atoms with E-state index >= 15 is 0 Å². The van der Waals surface area contributed by atoms with Crippen LogP contribution >= 0.6 is 0 Å². The number of hydrogen-bond donors (Lipinski definition) is 0. The van der Waals surface area contributed by atoms with Gasteiger partial charge < -0.3 is 4.74 Å². The number of ether oxygens (including phenoxy) is 1. The Morgan fingerprint density at radius 2 is 1.95 bits per heavy atom. The maximum absolute atomic E-state index is 13.0. The molecule has 0 bridgehead atoms. The van der Waals surface area contributed by atoms with Gasteiger partial charge in [0.05, 0.1) is 13.3 Å². The van der Waals surface area contributed by atoms with E-state index in [-0.39, 0.29) is 0 Å². The number of rotatable bonds is 3. The molecule has 0 unspecified atom stereocenters. The van der Waals surface area contributed by atoms with Crippen molar-refractivity contribution in [2.75, 3.05) is 7.11 Å². The fourth-order valence-electron chi connectivity index (χ4n) is 2.06. The monoisotopic (exact) mass is 297 g/mol. The number of nitrogens with zero attached hydrogens (tertiary/aromatic N) is 3. The smallest absolute Gasteiger partial charge is 0.341 e. The van der Waals surface area contributed by atoms with Gasteiger partial charge in [-0.15, -0.1) is 0 Å². The molecule has 3 rings (SSSR count). The Balaban J connectivity index is 2.13. The van der Waals surface area contributed by atoms with Crippen LogP contribution in [0.4, 0.5) is 4.39 Å². The Labute approximate surface area is 126 Å². The highest BCUT2D eigenvalue weighted by Crippen LogP contribution is 2.23. The quantitative estimate of drug-likeness (QED) is 0.698. The first-order valence-corrected chi connectivity index (χ1v) is 6.54. The summed E-state index contributed by atoms with van der Waals surface area (Å²) in [7, 11) is 1.31. The minimum atomic E-state index is -0.493. The molecule has 0 atom stereocenters. The average Bonchev–Trinajstić information content (AvgIpc) is 3.01. The predicted molar refractivity (Wildman–Crippen MR) is 78.1 cm³/mol. The summed E-state index contributed by atoms with van der Waals surface area (Å²) in [5.74, 6) is -0.520. The molecule has 2 heterocycles. The third-order valence-corrected chi connectivity index (χ3v) is 3.11. The Morgan fingerprint density at radius 3 is 2.59 bits per heavy atom. The first kappa shape index (κ1) is 13.9. The molecule has 0 aliphatic rings. The first-order chi connectivity index (χ1) is 10.7. The molecule has 22 heavy (non-hydrogen) atoms. The van der Waals surface area contributed by atoms with Crippen LogP contribution in [0.2, 0.25) is 0 Å². The van der Waals surface area contributed by atoms with E-state index in [0.29, 0.717) is 17.1 Å². The lowest BCUT2D eigenvalue weighted by atomic mass is 10.1. The number of esters is 1. The zero-order chi connectivity index (χ0) is 15.5. The number of halogens is 1. The minimum absolute atomic E-state index is 0.319. The Kier molecular flexibility index (Phi) is 3.65. The predicted octanol–water partition coefficient (Wildman–Crippen LogP) is 2.86. The zero-order valence-electron chi connectivity index (χ0n) is 11.7. The van der Waals surface area contributed by atoms with E-state index in [1.165, 1.54) is 30.1 Å². The van der Waals surface area contributed by atoms with Gasteiger partial charge in [-0.1, -0.05) is 30.3 Å². The number of methoxy groups -OCH3 is 1. The van der Waals surface area contributed by atoms with E-state index in [1.54, 1.807) is 0 Å². The summed E-state index contributed by atoms with van der Waals surface area (Å²) >= 11 is 0. The van der Waals surface area contributed by atoms with Crippen molar-refractivity contribution in [3.63, 3.8) is 0 Å². The molecule has 5 nitrogen and oxygen atoms in total. The molecule has 0 fully saturated rings. The maximum Gasteiger partial charge on any atom is 0.341 e. The van der Waals surface area contributed by atoms with Crippen LogP contribution in [0.5, 0.6) is 0 Å². The standard InChI is InChI=1S/C16H12FN3O2/c1-22-16(21)13-10-20(14-8-7-12(17)9-18-14)19-15(13)11-5-3-2-4-6-11/h2-10H,1H3. The summed E-state index contributed by atoms with van der Waals surface area (Å²) in [6.07, 6.45) is 2.62. The van der Waals surface area contributed by atoms with Gasteiger partial charge in [-0.25, -0.2) is 18.9 Å². The summed E-state index contributed by atoms with van der Waals surface area (Å²) < 4.78 is 19.2. The average molecular weight is 297 g/mol. The molecule has 1 aromatic carbocycles. The molecule has 2 aromatic heterocycles. The molecule has 0 amide bonds. The number of carbonyl (C=O) groups is 1. The lowest BCUT2D eigenvalue weighted by Crippen LogP contribution is -2.01. The molecule has 0 N–H and O–H groups in total. The lowest BCUT2D eigenvalue weighted by Gasteiger charge is -2.00. The third-order valence-electron chi connectivity index (χ3n) is 3.11. The van der Waals surface area contributed by atoms with Crippen LogP contribution in [-0.4, -0.2) is 27.8 Å². The molecule has 0 aliphatic heterocycles. The number of aromatic nitrogens is 3. The van der Waals surface area contributed by atoms with Gasteiger partial charge in [0.1, 0.15) is 17.1 Å². The molecule has 0 radical (unpaired) electrons. The highest BCUT2D eigenvalue weighted by Gasteiger charge is 2.19. The van der Waals surface area contributed by atoms with E-state index < -0.39 is 11.8 Å². The Hall–Kier alpha value is -3.02. The van der Waals surface area contributed by atoms with Gasteiger partial charge in [-0.3, -0.25) is 0 Å². The van der Waals surface area contributed by atoms with Crippen LogP contribution in [0.3, 0.4) is 0 Å². The summed E-state index contributed by atoms with van der Waals surface area (Å²) in [6, 6.07) is 12.0. The van der Waals surface area contributed by atoms with Gasteiger partial charge >= 0.3 is 5.97 Å². The molecule has 0 spiro atoms. The van der Waals surface area contributed by atoms with E-state index in [4.69, 9.17) is 4.74 Å². The SMILES string of the molecule is COC(=O)c1cn(-c2ccc(F)cn2)nc1-c1ccccc1. The van der Waals surface area contributed by atoms with Crippen LogP contribution in [0, 0.1) is 5.82 Å². The van der Waals surface area contributed by atoms with Crippen LogP contribution in [-0.2, 0) is 4.74 Å². The van der Waals surface area contributed by atoms with E-state index in [0.717, 1.165) is 11.8 Å². The van der Waals surface area contributed by atoms with Gasteiger partial charge in [0, 0.05) is 11.8 Å². The van der Waals surface area contributed by atoms with Crippen LogP contribution in [0.25, 0.3) is 17.1 Å². The lowest BCUT2D eigenvalue weighted by molar-refractivity contribution is 0.0601. The Morgan fingerprint density at radius 1 is 1.18 bits per heavy atom. The molecular weight excluding hydrogens is 285 g/mol. The molecule has 0 saturated heterocycles. The molecular formula is C16H12FN3O2. The van der Waals surface area contributed by atoms with Crippen LogP contribution < -0.4 is 0 Å². The summed E-state index contributed by atoms with van der Waals surface area (Å²) in [4.78, 5) is 15.9. The van der Waals surface area contributed by atoms with Crippen molar-refractivity contribution in [2.24, 2.45) is 0 Å². The summed E-state index contributed by atoms with van der Waals surface area (Å²) in [5.41, 5.74) is 1.59. The van der Waals surface area contributed by atoms with Gasteiger partial charge in [0.2, 0.25) is 0 Å². The van der Waals surface area contributed by atoms with Crippen molar-refractivity contribution >= 4 is 5.97 Å². The van der Waals surface area contributed by atoms with E-state index in [1.807, 2.05) is 30.3 Å². The molecule has 6 heteroatoms. The van der Waals surface area contributed by atoms with Crippen LogP contribution in [0.15, 0.2) is 54.9 Å². The van der Waals surface area contributed by atoms with Crippen molar-refractivity contribution in [3.8, 4) is 17.1 Å². The first-order valence-electron chi connectivity index (χ1n) is 6.54. The fraction of sp³-hybridized carbons (Fsp3) is 0.0625. The van der Waals surface area contributed by atoms with Crippen molar-refractivity contribution in [1.82, 2.24) is 14.8 Å². The highest BCUT2D eigenvalue weighted by atomic mass is 19.1.